The second-order valence-electron chi connectivity index (χ2n) is 10.8. The summed E-state index contributed by atoms with van der Waals surface area (Å²) in [6.07, 6.45) is 0. The molecule has 41 heavy (non-hydrogen) atoms. The second kappa shape index (κ2) is 8.06. The van der Waals surface area contributed by atoms with Crippen LogP contribution in [0.2, 0.25) is 0 Å². The van der Waals surface area contributed by atoms with E-state index in [1.165, 1.54) is 0 Å². The minimum absolute atomic E-state index is 0.0605. The highest BCUT2D eigenvalue weighted by Crippen LogP contribution is 2.64. The molecule has 3 aliphatic rings. The summed E-state index contributed by atoms with van der Waals surface area (Å²) in [6.45, 7) is 0. The topological polar surface area (TPSA) is 29.5 Å². The molecule has 1 spiro atoms. The Bertz CT molecular complexity index is 2060. The second-order valence-corrected chi connectivity index (χ2v) is 10.8. The van der Waals surface area contributed by atoms with Crippen LogP contribution in [0.25, 0.3) is 11.1 Å². The van der Waals surface area contributed by atoms with Gasteiger partial charge in [-0.1, -0.05) is 109 Å². The molecule has 0 saturated heterocycles. The van der Waals surface area contributed by atoms with Crippen molar-refractivity contribution < 1.29 is 9.53 Å². The summed E-state index contributed by atoms with van der Waals surface area (Å²) in [7, 11) is 0. The highest BCUT2D eigenvalue weighted by Gasteiger charge is 2.53. The van der Waals surface area contributed by atoms with Crippen molar-refractivity contribution in [1.29, 1.82) is 0 Å². The van der Waals surface area contributed by atoms with Crippen LogP contribution < -0.4 is 9.64 Å². The van der Waals surface area contributed by atoms with Crippen LogP contribution >= 0.6 is 0 Å². The number of carbonyl (C=O) groups is 1. The van der Waals surface area contributed by atoms with Crippen LogP contribution in [0.3, 0.4) is 0 Å². The van der Waals surface area contributed by atoms with Gasteiger partial charge in [0.15, 0.2) is 17.3 Å². The molecule has 2 aliphatic heterocycles. The van der Waals surface area contributed by atoms with E-state index in [-0.39, 0.29) is 5.78 Å². The highest BCUT2D eigenvalue weighted by atomic mass is 16.5. The van der Waals surface area contributed by atoms with Crippen molar-refractivity contribution in [3.8, 4) is 22.6 Å². The molecule has 0 amide bonds. The van der Waals surface area contributed by atoms with E-state index < -0.39 is 5.41 Å². The number of ketones is 1. The SMILES string of the molecule is O=C1c2ccccc2C2(c3ccc(-c4ccccc4)cc31)c1ccccc1N1c3ccccc3Oc3cccc2c31. The normalized spacial score (nSPS) is 17.1. The number of hydrogen-bond donors (Lipinski definition) is 0. The number of rotatable bonds is 1. The zero-order valence-corrected chi connectivity index (χ0v) is 22.0. The van der Waals surface area contributed by atoms with Gasteiger partial charge in [-0.05, 0) is 63.7 Å². The molecule has 1 atom stereocenters. The molecule has 1 aliphatic carbocycles. The number of hydrogen-bond acceptors (Lipinski definition) is 3. The molecule has 3 heteroatoms. The van der Waals surface area contributed by atoms with Crippen molar-refractivity contribution in [2.75, 3.05) is 4.90 Å². The first-order valence-corrected chi connectivity index (χ1v) is 13.9. The standard InChI is InChI=1S/C38H23NO2/c40-37-26-13-4-5-14-28(26)38(29-22-21-25(23-27(29)37)24-11-2-1-3-12-24)30-15-6-7-17-32(30)39-33-18-8-9-19-34(33)41-35-20-10-16-31(38)36(35)39/h1-23H. The van der Waals surface area contributed by atoms with Gasteiger partial charge in [0.1, 0.15) is 0 Å². The quantitative estimate of drug-likeness (QED) is 0.214. The smallest absolute Gasteiger partial charge is 0.193 e. The summed E-state index contributed by atoms with van der Waals surface area (Å²) in [5.41, 5.74) is 10.3. The van der Waals surface area contributed by atoms with Gasteiger partial charge in [-0.2, -0.15) is 0 Å². The molecular weight excluding hydrogens is 502 g/mol. The van der Waals surface area contributed by atoms with Crippen molar-refractivity contribution >= 4 is 22.8 Å². The maximum absolute atomic E-state index is 14.3. The predicted molar refractivity (Wildman–Crippen MR) is 162 cm³/mol. The molecule has 0 aromatic heterocycles. The molecule has 0 fully saturated rings. The maximum Gasteiger partial charge on any atom is 0.193 e. The van der Waals surface area contributed by atoms with Crippen LogP contribution in [0.4, 0.5) is 17.1 Å². The maximum atomic E-state index is 14.3. The number of benzene rings is 6. The monoisotopic (exact) mass is 525 g/mol. The summed E-state index contributed by atoms with van der Waals surface area (Å²) >= 11 is 0. The molecule has 1 unspecified atom stereocenters. The van der Waals surface area contributed by atoms with Gasteiger partial charge >= 0.3 is 0 Å². The molecule has 192 valence electrons. The fourth-order valence-corrected chi connectivity index (χ4v) is 7.23. The molecule has 0 N–H and O–H groups in total. The van der Waals surface area contributed by atoms with Crippen LogP contribution in [0, 0.1) is 0 Å². The third kappa shape index (κ3) is 2.80. The van der Waals surface area contributed by atoms with E-state index in [4.69, 9.17) is 4.74 Å². The van der Waals surface area contributed by atoms with Gasteiger partial charge in [0, 0.05) is 11.1 Å². The van der Waals surface area contributed by atoms with Gasteiger partial charge in [-0.15, -0.1) is 0 Å². The fourth-order valence-electron chi connectivity index (χ4n) is 7.23. The Morgan fingerprint density at radius 1 is 0.488 bits per heavy atom. The van der Waals surface area contributed by atoms with Crippen molar-refractivity contribution in [2.24, 2.45) is 0 Å². The Morgan fingerprint density at radius 2 is 1.15 bits per heavy atom. The largest absolute Gasteiger partial charge is 0.453 e. The predicted octanol–water partition coefficient (Wildman–Crippen LogP) is 9.17. The van der Waals surface area contributed by atoms with Gasteiger partial charge in [-0.25, -0.2) is 0 Å². The first-order valence-electron chi connectivity index (χ1n) is 13.9. The number of anilines is 3. The van der Waals surface area contributed by atoms with Crippen LogP contribution in [0.15, 0.2) is 140 Å². The average Bonchev–Trinajstić information content (AvgIpc) is 3.04. The minimum Gasteiger partial charge on any atom is -0.453 e. The van der Waals surface area contributed by atoms with Gasteiger partial charge in [-0.3, -0.25) is 4.79 Å². The van der Waals surface area contributed by atoms with E-state index in [1.807, 2.05) is 54.6 Å². The summed E-state index contributed by atoms with van der Waals surface area (Å²) in [5.74, 6) is 1.70. The minimum atomic E-state index is -0.705. The molecule has 6 aromatic carbocycles. The third-order valence-corrected chi connectivity index (χ3v) is 8.85. The van der Waals surface area contributed by atoms with E-state index >= 15 is 0 Å². The molecular formula is C38H23NO2. The summed E-state index contributed by atoms with van der Waals surface area (Å²) in [4.78, 5) is 16.6. The lowest BCUT2D eigenvalue weighted by molar-refractivity contribution is 0.103. The number of para-hydroxylation sites is 4. The summed E-state index contributed by atoms with van der Waals surface area (Å²) in [6, 6.07) is 48.0. The lowest BCUT2D eigenvalue weighted by atomic mass is 9.57. The van der Waals surface area contributed by atoms with Crippen molar-refractivity contribution in [3.63, 3.8) is 0 Å². The van der Waals surface area contributed by atoms with E-state index in [0.717, 1.165) is 73.1 Å². The first-order chi connectivity index (χ1) is 20.3. The van der Waals surface area contributed by atoms with E-state index in [1.54, 1.807) is 0 Å². The van der Waals surface area contributed by atoms with Crippen molar-refractivity contribution in [3.05, 3.63) is 173 Å². The zero-order valence-electron chi connectivity index (χ0n) is 22.0. The molecule has 0 radical (unpaired) electrons. The number of nitrogens with zero attached hydrogens (tertiary/aromatic N) is 1. The van der Waals surface area contributed by atoms with E-state index in [2.05, 4.69) is 89.8 Å². The van der Waals surface area contributed by atoms with Crippen molar-refractivity contribution in [1.82, 2.24) is 0 Å². The molecule has 3 nitrogen and oxygen atoms in total. The molecule has 2 heterocycles. The molecule has 0 bridgehead atoms. The van der Waals surface area contributed by atoms with Crippen LogP contribution in [0.1, 0.15) is 38.2 Å². The lowest BCUT2D eigenvalue weighted by Gasteiger charge is -2.50. The zero-order chi connectivity index (χ0) is 27.1. The van der Waals surface area contributed by atoms with Crippen LogP contribution in [-0.2, 0) is 5.41 Å². The third-order valence-electron chi connectivity index (χ3n) is 8.85. The van der Waals surface area contributed by atoms with Crippen LogP contribution in [0.5, 0.6) is 11.5 Å². The van der Waals surface area contributed by atoms with Gasteiger partial charge < -0.3 is 9.64 Å². The van der Waals surface area contributed by atoms with E-state index in [0.29, 0.717) is 0 Å². The summed E-state index contributed by atoms with van der Waals surface area (Å²) in [5, 5.41) is 0. The summed E-state index contributed by atoms with van der Waals surface area (Å²) < 4.78 is 6.54. The molecule has 0 saturated carbocycles. The molecule has 6 aromatic rings. The molecule has 9 rings (SSSR count). The Hall–Kier alpha value is -5.41. The average molecular weight is 526 g/mol. The van der Waals surface area contributed by atoms with Gasteiger partial charge in [0.05, 0.1) is 22.5 Å². The Labute approximate surface area is 237 Å². The fraction of sp³-hybridized carbons (Fsp3) is 0.0263. The first kappa shape index (κ1) is 22.4. The number of fused-ring (bicyclic) bond motifs is 10. The highest BCUT2D eigenvalue weighted by molar-refractivity contribution is 6.15. The van der Waals surface area contributed by atoms with Crippen molar-refractivity contribution in [2.45, 2.75) is 5.41 Å². The Kier molecular flexibility index (Phi) is 4.41. The Balaban J connectivity index is 1.44. The number of ether oxygens (including phenoxy) is 1. The Morgan fingerprint density at radius 3 is 2.02 bits per heavy atom. The van der Waals surface area contributed by atoms with Gasteiger partial charge in [0.25, 0.3) is 0 Å². The van der Waals surface area contributed by atoms with E-state index in [9.17, 15) is 4.79 Å². The lowest BCUT2D eigenvalue weighted by Crippen LogP contribution is -2.42. The van der Waals surface area contributed by atoms with Crippen LogP contribution in [-0.4, -0.2) is 5.78 Å². The van der Waals surface area contributed by atoms with Gasteiger partial charge in [0.2, 0.25) is 0 Å². The number of carbonyl (C=O) groups excluding carboxylic acids is 1.